The van der Waals surface area contributed by atoms with Crippen molar-refractivity contribution in [2.24, 2.45) is 5.92 Å². The quantitative estimate of drug-likeness (QED) is 0.655. The molecule has 0 saturated carbocycles. The highest BCUT2D eigenvalue weighted by atomic mass is 16.5. The molecule has 7 nitrogen and oxygen atoms in total. The molecule has 0 aliphatic carbocycles. The summed E-state index contributed by atoms with van der Waals surface area (Å²) < 4.78 is 6.01. The topological polar surface area (TPSA) is 79.0 Å². The smallest absolute Gasteiger partial charge is 0.261 e. The van der Waals surface area contributed by atoms with Crippen LogP contribution in [-0.2, 0) is 9.59 Å². The number of hydrogen-bond acceptors (Lipinski definition) is 4. The molecule has 1 fully saturated rings. The van der Waals surface area contributed by atoms with Crippen LogP contribution in [0.3, 0.4) is 0 Å². The average molecular weight is 441 g/mol. The van der Waals surface area contributed by atoms with Gasteiger partial charge in [0.25, 0.3) is 5.91 Å². The molecule has 0 radical (unpaired) electrons. The lowest BCUT2D eigenvalue weighted by Crippen LogP contribution is -2.28. The van der Waals surface area contributed by atoms with Crippen LogP contribution in [0.4, 0.5) is 17.1 Å². The highest BCUT2D eigenvalue weighted by Crippen LogP contribution is 2.39. The number of hydrogen-bond donors (Lipinski definition) is 1. The highest BCUT2D eigenvalue weighted by molar-refractivity contribution is 6.10. The molecule has 1 N–H and O–H groups in total. The second-order valence-electron chi connectivity index (χ2n) is 8.38. The second kappa shape index (κ2) is 8.09. The van der Waals surface area contributed by atoms with Crippen molar-refractivity contribution in [1.82, 2.24) is 0 Å². The van der Waals surface area contributed by atoms with Crippen molar-refractivity contribution >= 4 is 34.8 Å². The largest absolute Gasteiger partial charge is 0.454 e. The van der Waals surface area contributed by atoms with E-state index in [0.717, 1.165) is 11.3 Å². The summed E-state index contributed by atoms with van der Waals surface area (Å²) >= 11 is 0. The van der Waals surface area contributed by atoms with Crippen LogP contribution in [0.25, 0.3) is 0 Å². The number of amides is 3. The third-order valence-corrected chi connectivity index (χ3v) is 6.04. The summed E-state index contributed by atoms with van der Waals surface area (Å²) in [6.45, 7) is 2.27. The Balaban J connectivity index is 1.35. The van der Waals surface area contributed by atoms with Crippen LogP contribution in [0, 0.1) is 12.8 Å². The first-order valence-corrected chi connectivity index (χ1v) is 10.8. The first-order chi connectivity index (χ1) is 15.9. The monoisotopic (exact) mass is 441 g/mol. The number of ether oxygens (including phenoxy) is 1. The van der Waals surface area contributed by atoms with Crippen molar-refractivity contribution in [1.29, 1.82) is 0 Å². The van der Waals surface area contributed by atoms with Gasteiger partial charge < -0.3 is 19.9 Å². The number of anilines is 3. The number of carbonyl (C=O) groups is 3. The Labute approximate surface area is 191 Å². The van der Waals surface area contributed by atoms with Crippen LogP contribution in [0.1, 0.15) is 22.3 Å². The van der Waals surface area contributed by atoms with Gasteiger partial charge in [0, 0.05) is 31.4 Å². The molecule has 2 aliphatic heterocycles. The Morgan fingerprint density at radius 2 is 1.76 bits per heavy atom. The number of fused-ring (bicyclic) bond motifs is 2. The van der Waals surface area contributed by atoms with Crippen LogP contribution >= 0.6 is 0 Å². The van der Waals surface area contributed by atoms with Crippen molar-refractivity contribution in [2.75, 3.05) is 28.7 Å². The van der Waals surface area contributed by atoms with Crippen molar-refractivity contribution in [3.63, 3.8) is 0 Å². The minimum absolute atomic E-state index is 0.0819. The van der Waals surface area contributed by atoms with Crippen LogP contribution in [0.2, 0.25) is 0 Å². The number of rotatable bonds is 3. The van der Waals surface area contributed by atoms with Crippen LogP contribution in [0.15, 0.2) is 66.7 Å². The van der Waals surface area contributed by atoms with E-state index in [2.05, 4.69) is 5.32 Å². The normalized spacial score (nSPS) is 17.2. The first kappa shape index (κ1) is 20.8. The zero-order valence-corrected chi connectivity index (χ0v) is 18.4. The lowest BCUT2D eigenvalue weighted by molar-refractivity contribution is -0.122. The fraction of sp³-hybridized carbons (Fsp3) is 0.192. The van der Waals surface area contributed by atoms with Crippen molar-refractivity contribution in [3.8, 4) is 11.5 Å². The fourth-order valence-electron chi connectivity index (χ4n) is 4.23. The summed E-state index contributed by atoms with van der Waals surface area (Å²) in [5, 5.41) is 2.87. The summed E-state index contributed by atoms with van der Waals surface area (Å²) in [7, 11) is 1.70. The molecule has 0 bridgehead atoms. The maximum absolute atomic E-state index is 13.1. The molecular formula is C26H23N3O4. The predicted octanol–water partition coefficient (Wildman–Crippen LogP) is 4.37. The molecule has 1 atom stereocenters. The zero-order chi connectivity index (χ0) is 23.1. The molecule has 2 aliphatic rings. The van der Waals surface area contributed by atoms with Gasteiger partial charge in [-0.3, -0.25) is 14.4 Å². The van der Waals surface area contributed by atoms with E-state index < -0.39 is 5.92 Å². The Morgan fingerprint density at radius 1 is 1.00 bits per heavy atom. The van der Waals surface area contributed by atoms with Gasteiger partial charge in [0.15, 0.2) is 5.75 Å². The number of carbonyl (C=O) groups excluding carboxylic acids is 3. The van der Waals surface area contributed by atoms with E-state index in [0.29, 0.717) is 35.0 Å². The summed E-state index contributed by atoms with van der Waals surface area (Å²) in [6, 6.07) is 20.0. The average Bonchev–Trinajstić information content (AvgIpc) is 3.18. The molecule has 7 heteroatoms. The number of nitrogens with zero attached hydrogens (tertiary/aromatic N) is 2. The predicted molar refractivity (Wildman–Crippen MR) is 126 cm³/mol. The van der Waals surface area contributed by atoms with Gasteiger partial charge in [0.1, 0.15) is 5.75 Å². The standard InChI is InChI=1S/C26H23N3O4/c1-16-8-10-23-21(12-16)28(2)26(32)20-14-18(9-11-22(20)33-23)27-25(31)17-13-24(30)29(15-17)19-6-4-3-5-7-19/h3-12,14,17H,13,15H2,1-2H3,(H,27,31). The van der Waals surface area contributed by atoms with Crippen molar-refractivity contribution in [2.45, 2.75) is 13.3 Å². The van der Waals surface area contributed by atoms with Crippen LogP contribution in [-0.4, -0.2) is 31.3 Å². The molecule has 33 heavy (non-hydrogen) atoms. The summed E-state index contributed by atoms with van der Waals surface area (Å²) in [4.78, 5) is 41.7. The Hall–Kier alpha value is -4.13. The van der Waals surface area contributed by atoms with E-state index in [-0.39, 0.29) is 24.1 Å². The minimum Gasteiger partial charge on any atom is -0.454 e. The van der Waals surface area contributed by atoms with E-state index in [1.165, 1.54) is 0 Å². The SMILES string of the molecule is Cc1ccc2c(c1)N(C)C(=O)c1cc(NC(=O)C3CC(=O)N(c4ccccc4)C3)ccc1O2. The second-order valence-corrected chi connectivity index (χ2v) is 8.38. The molecule has 2 heterocycles. The molecule has 166 valence electrons. The number of benzene rings is 3. The third kappa shape index (κ3) is 3.82. The summed E-state index contributed by atoms with van der Waals surface area (Å²) in [6.07, 6.45) is 0.144. The number of aryl methyl sites for hydroxylation is 1. The molecule has 1 unspecified atom stereocenters. The van der Waals surface area contributed by atoms with Crippen LogP contribution < -0.4 is 19.9 Å². The molecule has 1 saturated heterocycles. The lowest BCUT2D eigenvalue weighted by atomic mass is 10.1. The van der Waals surface area contributed by atoms with Crippen molar-refractivity contribution in [3.05, 3.63) is 77.9 Å². The summed E-state index contributed by atoms with van der Waals surface area (Å²) in [5.74, 6) is -0.0103. The van der Waals surface area contributed by atoms with E-state index >= 15 is 0 Å². The Kier molecular flexibility index (Phi) is 5.09. The highest BCUT2D eigenvalue weighted by Gasteiger charge is 2.35. The molecule has 3 aromatic rings. The zero-order valence-electron chi connectivity index (χ0n) is 18.4. The molecule has 0 aromatic heterocycles. The number of nitrogens with one attached hydrogen (secondary N) is 1. The lowest BCUT2D eigenvalue weighted by Gasteiger charge is -2.17. The molecule has 5 rings (SSSR count). The van der Waals surface area contributed by atoms with Gasteiger partial charge >= 0.3 is 0 Å². The van der Waals surface area contributed by atoms with Gasteiger partial charge in [0.05, 0.1) is 17.2 Å². The van der Waals surface area contributed by atoms with Gasteiger partial charge in [-0.1, -0.05) is 24.3 Å². The van der Waals surface area contributed by atoms with Gasteiger partial charge in [0.2, 0.25) is 11.8 Å². The van der Waals surface area contributed by atoms with Gasteiger partial charge in [-0.2, -0.15) is 0 Å². The van der Waals surface area contributed by atoms with E-state index in [1.807, 2.05) is 55.5 Å². The maximum atomic E-state index is 13.1. The first-order valence-electron chi connectivity index (χ1n) is 10.8. The molecule has 3 aromatic carbocycles. The molecular weight excluding hydrogens is 418 g/mol. The van der Waals surface area contributed by atoms with Crippen molar-refractivity contribution < 1.29 is 19.1 Å². The van der Waals surface area contributed by atoms with Gasteiger partial charge in [-0.25, -0.2) is 0 Å². The van der Waals surface area contributed by atoms with Gasteiger partial charge in [-0.15, -0.1) is 0 Å². The summed E-state index contributed by atoms with van der Waals surface area (Å²) in [5.41, 5.74) is 3.33. The Morgan fingerprint density at radius 3 is 2.55 bits per heavy atom. The van der Waals surface area contributed by atoms with E-state index in [9.17, 15) is 14.4 Å². The minimum atomic E-state index is -0.474. The molecule has 0 spiro atoms. The third-order valence-electron chi connectivity index (χ3n) is 6.04. The molecule has 3 amide bonds. The number of para-hydroxylation sites is 1. The van der Waals surface area contributed by atoms with Crippen LogP contribution in [0.5, 0.6) is 11.5 Å². The fourth-order valence-corrected chi connectivity index (χ4v) is 4.23. The van der Waals surface area contributed by atoms with E-state index in [1.54, 1.807) is 35.0 Å². The van der Waals surface area contributed by atoms with E-state index in [4.69, 9.17) is 4.74 Å². The van der Waals surface area contributed by atoms with Gasteiger partial charge in [-0.05, 0) is 55.0 Å². The maximum Gasteiger partial charge on any atom is 0.261 e. The Bertz CT molecular complexity index is 1270.